The SMILES string of the molecule is C=CCn1c(=O)n(CC=C)c(=O)n(Cc2cc(=O)n(C)c(=O)n2C)c1=O. The molecule has 0 bridgehead atoms. The average molecular weight is 361 g/mol. The Balaban J connectivity index is 2.81. The fraction of sp³-hybridized carbons (Fsp3) is 0.312. The molecule has 0 aromatic carbocycles. The summed E-state index contributed by atoms with van der Waals surface area (Å²) in [6.45, 7) is 6.46. The van der Waals surface area contributed by atoms with Crippen LogP contribution in [-0.2, 0) is 33.7 Å². The molecular weight excluding hydrogens is 342 g/mol. The zero-order chi connectivity index (χ0) is 19.6. The summed E-state index contributed by atoms with van der Waals surface area (Å²) in [4.78, 5) is 61.4. The lowest BCUT2D eigenvalue weighted by molar-refractivity contribution is 0.487. The van der Waals surface area contributed by atoms with Gasteiger partial charge < -0.3 is 0 Å². The van der Waals surface area contributed by atoms with Crippen molar-refractivity contribution in [2.45, 2.75) is 19.6 Å². The summed E-state index contributed by atoms with van der Waals surface area (Å²) in [5, 5.41) is 0. The molecule has 0 radical (unpaired) electrons. The summed E-state index contributed by atoms with van der Waals surface area (Å²) in [6, 6.07) is 1.16. The van der Waals surface area contributed by atoms with E-state index in [0.29, 0.717) is 0 Å². The first kappa shape index (κ1) is 18.9. The molecule has 0 amide bonds. The second-order valence-electron chi connectivity index (χ2n) is 5.61. The van der Waals surface area contributed by atoms with Crippen molar-refractivity contribution in [1.29, 1.82) is 0 Å². The first-order valence-corrected chi connectivity index (χ1v) is 7.66. The fourth-order valence-corrected chi connectivity index (χ4v) is 2.48. The lowest BCUT2D eigenvalue weighted by atomic mass is 10.3. The molecule has 0 saturated carbocycles. The highest BCUT2D eigenvalue weighted by Crippen LogP contribution is 1.92. The smallest absolute Gasteiger partial charge is 0.299 e. The van der Waals surface area contributed by atoms with Gasteiger partial charge in [-0.3, -0.25) is 13.9 Å². The van der Waals surface area contributed by atoms with Gasteiger partial charge in [-0.2, -0.15) is 0 Å². The van der Waals surface area contributed by atoms with E-state index in [2.05, 4.69) is 13.2 Å². The van der Waals surface area contributed by atoms with E-state index in [-0.39, 0.29) is 25.3 Å². The Morgan fingerprint density at radius 3 is 1.69 bits per heavy atom. The molecule has 138 valence electrons. The summed E-state index contributed by atoms with van der Waals surface area (Å²) in [5.41, 5.74) is -3.49. The summed E-state index contributed by atoms with van der Waals surface area (Å²) in [7, 11) is 2.74. The van der Waals surface area contributed by atoms with E-state index >= 15 is 0 Å². The second kappa shape index (κ2) is 7.21. The van der Waals surface area contributed by atoms with E-state index in [4.69, 9.17) is 0 Å². The Hall–Kier alpha value is -3.43. The third-order valence-electron chi connectivity index (χ3n) is 3.95. The number of allylic oxidation sites excluding steroid dienone is 2. The highest BCUT2D eigenvalue weighted by molar-refractivity contribution is 5.03. The van der Waals surface area contributed by atoms with Gasteiger partial charge in [-0.25, -0.2) is 32.9 Å². The van der Waals surface area contributed by atoms with E-state index in [0.717, 1.165) is 28.9 Å². The normalized spacial score (nSPS) is 10.7. The zero-order valence-electron chi connectivity index (χ0n) is 14.5. The van der Waals surface area contributed by atoms with E-state index in [1.54, 1.807) is 0 Å². The van der Waals surface area contributed by atoms with Gasteiger partial charge in [0.05, 0.1) is 19.6 Å². The minimum Gasteiger partial charge on any atom is -0.299 e. The fourth-order valence-electron chi connectivity index (χ4n) is 2.48. The van der Waals surface area contributed by atoms with Gasteiger partial charge in [-0.1, -0.05) is 12.2 Å². The molecule has 0 spiro atoms. The Morgan fingerprint density at radius 1 is 0.769 bits per heavy atom. The van der Waals surface area contributed by atoms with Gasteiger partial charge in [0.2, 0.25) is 0 Å². The standard InChI is InChI=1S/C16H19N5O5/c1-5-7-19-14(24)20(8-6-2)16(26)21(15(19)25)10-11-9-12(22)18(4)13(23)17(11)3/h5-6,9H,1-2,7-8,10H2,3-4H3. The minimum absolute atomic E-state index is 0.0927. The maximum atomic E-state index is 12.6. The minimum atomic E-state index is -0.853. The Labute approximate surface area is 146 Å². The Morgan fingerprint density at radius 2 is 1.23 bits per heavy atom. The lowest BCUT2D eigenvalue weighted by Gasteiger charge is -2.14. The zero-order valence-corrected chi connectivity index (χ0v) is 14.5. The molecule has 2 rings (SSSR count). The lowest BCUT2D eigenvalue weighted by Crippen LogP contribution is -2.54. The van der Waals surface area contributed by atoms with Gasteiger partial charge >= 0.3 is 22.8 Å². The van der Waals surface area contributed by atoms with Gasteiger partial charge in [-0.05, 0) is 0 Å². The maximum Gasteiger partial charge on any atom is 0.336 e. The third kappa shape index (κ3) is 3.08. The molecule has 10 heteroatoms. The molecule has 2 aromatic rings. The topological polar surface area (TPSA) is 110 Å². The summed E-state index contributed by atoms with van der Waals surface area (Å²) in [6.07, 6.45) is 2.70. The number of aromatic nitrogens is 5. The van der Waals surface area contributed by atoms with Crippen LogP contribution >= 0.6 is 0 Å². The van der Waals surface area contributed by atoms with Crippen LogP contribution < -0.4 is 28.3 Å². The molecular formula is C16H19N5O5. The molecule has 2 aromatic heterocycles. The van der Waals surface area contributed by atoms with Crippen molar-refractivity contribution in [3.8, 4) is 0 Å². The van der Waals surface area contributed by atoms with Crippen molar-refractivity contribution < 1.29 is 0 Å². The summed E-state index contributed by atoms with van der Waals surface area (Å²) < 4.78 is 4.55. The van der Waals surface area contributed by atoms with Crippen LogP contribution in [0.4, 0.5) is 0 Å². The van der Waals surface area contributed by atoms with Crippen LogP contribution in [0.15, 0.2) is 55.3 Å². The van der Waals surface area contributed by atoms with Crippen LogP contribution in [0.3, 0.4) is 0 Å². The van der Waals surface area contributed by atoms with Gasteiger partial charge in [0.1, 0.15) is 0 Å². The van der Waals surface area contributed by atoms with Crippen LogP contribution in [0.5, 0.6) is 0 Å². The molecule has 0 atom stereocenters. The van der Waals surface area contributed by atoms with Crippen molar-refractivity contribution in [2.75, 3.05) is 0 Å². The number of hydrogen-bond acceptors (Lipinski definition) is 5. The Bertz CT molecular complexity index is 1120. The predicted molar refractivity (Wildman–Crippen MR) is 95.6 cm³/mol. The molecule has 0 aliphatic rings. The molecule has 0 unspecified atom stereocenters. The van der Waals surface area contributed by atoms with Crippen molar-refractivity contribution >= 4 is 0 Å². The average Bonchev–Trinajstić information content (AvgIpc) is 2.61. The molecule has 26 heavy (non-hydrogen) atoms. The number of rotatable bonds is 6. The van der Waals surface area contributed by atoms with Crippen LogP contribution in [0, 0.1) is 0 Å². The molecule has 10 nitrogen and oxygen atoms in total. The first-order chi connectivity index (χ1) is 12.2. The first-order valence-electron chi connectivity index (χ1n) is 7.66. The maximum absolute atomic E-state index is 12.6. The van der Waals surface area contributed by atoms with Crippen molar-refractivity contribution in [1.82, 2.24) is 22.8 Å². The van der Waals surface area contributed by atoms with E-state index in [1.807, 2.05) is 0 Å². The van der Waals surface area contributed by atoms with Gasteiger partial charge in [0, 0.05) is 25.9 Å². The van der Waals surface area contributed by atoms with E-state index in [9.17, 15) is 24.0 Å². The summed E-state index contributed by atoms with van der Waals surface area (Å²) in [5.74, 6) is 0. The number of hydrogen-bond donors (Lipinski definition) is 0. The van der Waals surface area contributed by atoms with Crippen LogP contribution in [-0.4, -0.2) is 22.8 Å². The Kier molecular flexibility index (Phi) is 5.24. The molecule has 0 aliphatic heterocycles. The highest BCUT2D eigenvalue weighted by Gasteiger charge is 2.16. The molecule has 2 heterocycles. The molecule has 0 fully saturated rings. The van der Waals surface area contributed by atoms with E-state index in [1.165, 1.54) is 26.2 Å². The molecule has 0 saturated heterocycles. The summed E-state index contributed by atoms with van der Waals surface area (Å²) >= 11 is 0. The molecule has 0 N–H and O–H groups in total. The highest BCUT2D eigenvalue weighted by atomic mass is 16.2. The quantitative estimate of drug-likeness (QED) is 0.552. The largest absolute Gasteiger partial charge is 0.336 e. The molecule has 0 aliphatic carbocycles. The van der Waals surface area contributed by atoms with Gasteiger partial charge in [0.15, 0.2) is 0 Å². The van der Waals surface area contributed by atoms with Gasteiger partial charge in [0.25, 0.3) is 5.56 Å². The number of nitrogens with zero attached hydrogens (tertiary/aromatic N) is 5. The van der Waals surface area contributed by atoms with Crippen LogP contribution in [0.1, 0.15) is 5.69 Å². The second-order valence-corrected chi connectivity index (χ2v) is 5.61. The van der Waals surface area contributed by atoms with Crippen LogP contribution in [0.25, 0.3) is 0 Å². The third-order valence-corrected chi connectivity index (χ3v) is 3.95. The monoisotopic (exact) mass is 361 g/mol. The van der Waals surface area contributed by atoms with E-state index < -0.39 is 28.3 Å². The van der Waals surface area contributed by atoms with Crippen molar-refractivity contribution in [2.24, 2.45) is 14.1 Å². The van der Waals surface area contributed by atoms with Crippen LogP contribution in [0.2, 0.25) is 0 Å². The predicted octanol–water partition coefficient (Wildman–Crippen LogP) is -2.01. The van der Waals surface area contributed by atoms with Crippen molar-refractivity contribution in [3.63, 3.8) is 0 Å². The van der Waals surface area contributed by atoms with Crippen molar-refractivity contribution in [3.05, 3.63) is 89.4 Å². The van der Waals surface area contributed by atoms with Gasteiger partial charge in [-0.15, -0.1) is 13.2 Å².